The van der Waals surface area contributed by atoms with Crippen LogP contribution < -0.4 is 5.46 Å². The normalized spacial score (nSPS) is 10.5. The Hall–Kier alpha value is -0.785. The van der Waals surface area contributed by atoms with Crippen molar-refractivity contribution in [2.45, 2.75) is 19.8 Å². The first-order valence-electron chi connectivity index (χ1n) is 3.66. The lowest BCUT2D eigenvalue weighted by molar-refractivity contribution is 0.631. The number of halogens is 1. The minimum Gasteiger partial charge on any atom is -0.208 e. The van der Waals surface area contributed by atoms with Gasteiger partial charge in [0, 0.05) is 0 Å². The van der Waals surface area contributed by atoms with Crippen molar-refractivity contribution in [3.63, 3.8) is 0 Å². The van der Waals surface area contributed by atoms with Crippen LogP contribution in [0.1, 0.15) is 25.3 Å². The highest BCUT2D eigenvalue weighted by Gasteiger charge is 2.01. The molecule has 1 rings (SSSR count). The largest absolute Gasteiger partial charge is 0.208 e. The lowest BCUT2D eigenvalue weighted by Crippen LogP contribution is -2.08. The van der Waals surface area contributed by atoms with E-state index in [0.717, 1.165) is 5.56 Å². The Morgan fingerprint density at radius 2 is 2.00 bits per heavy atom. The molecule has 0 N–H and O–H groups in total. The van der Waals surface area contributed by atoms with E-state index < -0.39 is 0 Å². The van der Waals surface area contributed by atoms with Crippen LogP contribution in [0, 0.1) is 5.82 Å². The first-order chi connectivity index (χ1) is 5.11. The molecule has 0 saturated heterocycles. The van der Waals surface area contributed by atoms with Crippen molar-refractivity contribution in [2.24, 2.45) is 0 Å². The van der Waals surface area contributed by atoms with Crippen LogP contribution in [0.15, 0.2) is 18.2 Å². The van der Waals surface area contributed by atoms with Gasteiger partial charge in [0.2, 0.25) is 0 Å². The molecule has 0 aliphatic heterocycles. The van der Waals surface area contributed by atoms with Crippen molar-refractivity contribution in [2.75, 3.05) is 0 Å². The van der Waals surface area contributed by atoms with Crippen LogP contribution in [-0.4, -0.2) is 7.85 Å². The molecule has 56 valence electrons. The van der Waals surface area contributed by atoms with Gasteiger partial charge in [0.05, 0.1) is 0 Å². The van der Waals surface area contributed by atoms with E-state index in [1.54, 1.807) is 6.07 Å². The molecule has 0 bridgehead atoms. The second kappa shape index (κ2) is 3.08. The smallest absolute Gasteiger partial charge is 0.117 e. The molecule has 0 amide bonds. The average molecular weight is 148 g/mol. The monoisotopic (exact) mass is 148 g/mol. The molecule has 0 atom stereocenters. The Morgan fingerprint density at radius 1 is 1.36 bits per heavy atom. The third-order valence-electron chi connectivity index (χ3n) is 1.69. The van der Waals surface area contributed by atoms with Crippen molar-refractivity contribution in [1.29, 1.82) is 0 Å². The van der Waals surface area contributed by atoms with Gasteiger partial charge in [0.1, 0.15) is 13.7 Å². The lowest BCUT2D eigenvalue weighted by Gasteiger charge is -2.05. The van der Waals surface area contributed by atoms with E-state index in [1.165, 1.54) is 6.07 Å². The maximum atomic E-state index is 12.8. The molecule has 0 fully saturated rings. The van der Waals surface area contributed by atoms with Gasteiger partial charge < -0.3 is 0 Å². The third kappa shape index (κ3) is 1.82. The van der Waals surface area contributed by atoms with Gasteiger partial charge in [-0.2, -0.15) is 0 Å². The van der Waals surface area contributed by atoms with Crippen LogP contribution in [0.5, 0.6) is 0 Å². The summed E-state index contributed by atoms with van der Waals surface area (Å²) in [5.74, 6) is 0.0290. The molecule has 2 heteroatoms. The Kier molecular flexibility index (Phi) is 2.33. The van der Waals surface area contributed by atoms with E-state index >= 15 is 0 Å². The van der Waals surface area contributed by atoms with E-state index in [9.17, 15) is 4.39 Å². The van der Waals surface area contributed by atoms with E-state index in [2.05, 4.69) is 0 Å². The topological polar surface area (TPSA) is 0 Å². The van der Waals surface area contributed by atoms with E-state index in [4.69, 9.17) is 7.85 Å². The van der Waals surface area contributed by atoms with Crippen molar-refractivity contribution >= 4 is 13.3 Å². The van der Waals surface area contributed by atoms with Crippen molar-refractivity contribution in [1.82, 2.24) is 0 Å². The van der Waals surface area contributed by atoms with Gasteiger partial charge in [0.15, 0.2) is 0 Å². The maximum absolute atomic E-state index is 12.8. The highest BCUT2D eigenvalue weighted by molar-refractivity contribution is 6.32. The number of benzene rings is 1. The summed E-state index contributed by atoms with van der Waals surface area (Å²) >= 11 is 0. The molecule has 0 aliphatic carbocycles. The highest BCUT2D eigenvalue weighted by atomic mass is 19.1. The molecule has 1 aromatic carbocycles. The molecule has 1 aromatic rings. The molecule has 0 spiro atoms. The van der Waals surface area contributed by atoms with Gasteiger partial charge in [-0.05, 0) is 17.5 Å². The predicted molar refractivity (Wildman–Crippen MR) is 45.9 cm³/mol. The molecule has 2 radical (unpaired) electrons. The average Bonchev–Trinajstić information content (AvgIpc) is 1.94. The predicted octanol–water partition coefficient (Wildman–Crippen LogP) is 1.74. The maximum Gasteiger partial charge on any atom is 0.117 e. The summed E-state index contributed by atoms with van der Waals surface area (Å²) < 4.78 is 12.8. The summed E-state index contributed by atoms with van der Waals surface area (Å²) in [6.45, 7) is 4.04. The number of hydrogen-bond acceptors (Lipinski definition) is 0. The zero-order chi connectivity index (χ0) is 8.43. The van der Waals surface area contributed by atoms with E-state index in [-0.39, 0.29) is 11.3 Å². The molecule has 0 aromatic heterocycles. The zero-order valence-electron chi connectivity index (χ0n) is 6.76. The molecule has 0 heterocycles. The van der Waals surface area contributed by atoms with Gasteiger partial charge in [-0.15, -0.1) is 0 Å². The van der Waals surface area contributed by atoms with Crippen molar-refractivity contribution < 1.29 is 4.39 Å². The Morgan fingerprint density at radius 3 is 2.45 bits per heavy atom. The molecular formula is C9H10BF. The zero-order valence-corrected chi connectivity index (χ0v) is 6.76. The van der Waals surface area contributed by atoms with Crippen LogP contribution in [0.2, 0.25) is 0 Å². The van der Waals surface area contributed by atoms with Gasteiger partial charge in [-0.25, -0.2) is 4.39 Å². The summed E-state index contributed by atoms with van der Waals surface area (Å²) in [6, 6.07) is 4.94. The summed E-state index contributed by atoms with van der Waals surface area (Å²) in [4.78, 5) is 0. The standard InChI is InChI=1S/C9H10BF/c1-6(2)7-3-4-8(10)9(11)5-7/h3-6H,1-2H3. The summed E-state index contributed by atoms with van der Waals surface area (Å²) in [5.41, 5.74) is 1.20. The van der Waals surface area contributed by atoms with Gasteiger partial charge in [-0.1, -0.05) is 31.4 Å². The van der Waals surface area contributed by atoms with Crippen LogP contribution in [-0.2, 0) is 0 Å². The van der Waals surface area contributed by atoms with Crippen LogP contribution >= 0.6 is 0 Å². The van der Waals surface area contributed by atoms with Gasteiger partial charge in [0.25, 0.3) is 0 Å². The summed E-state index contributed by atoms with van der Waals surface area (Å²) in [7, 11) is 5.31. The number of rotatable bonds is 1. The number of hydrogen-bond donors (Lipinski definition) is 0. The van der Waals surface area contributed by atoms with Crippen LogP contribution in [0.25, 0.3) is 0 Å². The molecular weight excluding hydrogens is 138 g/mol. The summed E-state index contributed by atoms with van der Waals surface area (Å²) in [6.07, 6.45) is 0. The van der Waals surface area contributed by atoms with E-state index in [0.29, 0.717) is 5.92 Å². The van der Waals surface area contributed by atoms with Crippen molar-refractivity contribution in [3.05, 3.63) is 29.6 Å². The SMILES string of the molecule is [B]c1ccc(C(C)C)cc1F. The first kappa shape index (κ1) is 8.31. The van der Waals surface area contributed by atoms with Gasteiger partial charge >= 0.3 is 0 Å². The minimum absolute atomic E-state index is 0.217. The van der Waals surface area contributed by atoms with Crippen LogP contribution in [0.4, 0.5) is 4.39 Å². The molecule has 0 nitrogen and oxygen atoms in total. The fourth-order valence-electron chi connectivity index (χ4n) is 0.903. The quantitative estimate of drug-likeness (QED) is 0.532. The fourth-order valence-corrected chi connectivity index (χ4v) is 0.903. The molecule has 11 heavy (non-hydrogen) atoms. The second-order valence-corrected chi connectivity index (χ2v) is 2.94. The van der Waals surface area contributed by atoms with Crippen LogP contribution in [0.3, 0.4) is 0 Å². The lowest BCUT2D eigenvalue weighted by atomic mass is 9.92. The first-order valence-corrected chi connectivity index (χ1v) is 3.66. The third-order valence-corrected chi connectivity index (χ3v) is 1.69. The second-order valence-electron chi connectivity index (χ2n) is 2.94. The fraction of sp³-hybridized carbons (Fsp3) is 0.333. The molecule has 0 aliphatic rings. The Balaban J connectivity index is 3.05. The van der Waals surface area contributed by atoms with Crippen molar-refractivity contribution in [3.8, 4) is 0 Å². The molecule has 0 saturated carbocycles. The summed E-state index contributed by atoms with van der Waals surface area (Å²) in [5, 5.41) is 0. The van der Waals surface area contributed by atoms with Gasteiger partial charge in [-0.3, -0.25) is 0 Å². The highest BCUT2D eigenvalue weighted by Crippen LogP contribution is 2.13. The Bertz CT molecular complexity index is 256. The molecule has 0 unspecified atom stereocenters. The van der Waals surface area contributed by atoms with E-state index in [1.807, 2.05) is 19.9 Å². The minimum atomic E-state index is -0.323. The Labute approximate surface area is 67.8 Å².